The second kappa shape index (κ2) is 6.10. The van der Waals surface area contributed by atoms with Crippen molar-refractivity contribution < 1.29 is 19.0 Å². The van der Waals surface area contributed by atoms with Crippen molar-refractivity contribution in [3.05, 3.63) is 23.8 Å². The van der Waals surface area contributed by atoms with Gasteiger partial charge in [0.15, 0.2) is 0 Å². The Kier molecular flexibility index (Phi) is 4.78. The Bertz CT molecular complexity index is 392. The lowest BCUT2D eigenvalue weighted by Gasteiger charge is -2.12. The highest BCUT2D eigenvalue weighted by atomic mass is 16.6. The maximum Gasteiger partial charge on any atom is 0.338 e. The number of esters is 1. The lowest BCUT2D eigenvalue weighted by molar-refractivity contribution is 0.0120. The van der Waals surface area contributed by atoms with Gasteiger partial charge < -0.3 is 19.9 Å². The largest absolute Gasteiger partial charge is 0.495 e. The average Bonchev–Trinajstić information content (AvgIpc) is 2.29. The van der Waals surface area contributed by atoms with Gasteiger partial charge in [-0.15, -0.1) is 0 Å². The third-order valence-corrected chi connectivity index (χ3v) is 2.18. The van der Waals surface area contributed by atoms with Gasteiger partial charge in [0.25, 0.3) is 0 Å². The van der Waals surface area contributed by atoms with E-state index in [4.69, 9.17) is 19.9 Å². The lowest BCUT2D eigenvalue weighted by Crippen LogP contribution is -2.19. The SMILES string of the molecule is COC[C@H](C)OC(=O)c1ccc(OC)c(N)c1. The molecular formula is C12H17NO4. The third-order valence-electron chi connectivity index (χ3n) is 2.18. The van der Waals surface area contributed by atoms with Gasteiger partial charge in [-0.1, -0.05) is 0 Å². The molecule has 0 bridgehead atoms. The zero-order valence-electron chi connectivity index (χ0n) is 10.2. The molecule has 0 fully saturated rings. The molecule has 0 saturated carbocycles. The summed E-state index contributed by atoms with van der Waals surface area (Å²) in [4.78, 5) is 11.7. The second-order valence-electron chi connectivity index (χ2n) is 3.63. The van der Waals surface area contributed by atoms with Crippen LogP contribution in [0.1, 0.15) is 17.3 Å². The van der Waals surface area contributed by atoms with Gasteiger partial charge in [0.1, 0.15) is 11.9 Å². The van der Waals surface area contributed by atoms with Crippen LogP contribution in [0.2, 0.25) is 0 Å². The molecule has 0 heterocycles. The van der Waals surface area contributed by atoms with Crippen molar-refractivity contribution in [3.8, 4) is 5.75 Å². The Morgan fingerprint density at radius 2 is 2.12 bits per heavy atom. The summed E-state index contributed by atoms with van der Waals surface area (Å²) in [5, 5.41) is 0. The van der Waals surface area contributed by atoms with Gasteiger partial charge in [0.05, 0.1) is 25.0 Å². The van der Waals surface area contributed by atoms with Gasteiger partial charge >= 0.3 is 5.97 Å². The number of ether oxygens (including phenoxy) is 3. The number of nitrogen functional groups attached to an aromatic ring is 1. The van der Waals surface area contributed by atoms with Crippen LogP contribution >= 0.6 is 0 Å². The van der Waals surface area contributed by atoms with Gasteiger partial charge in [0, 0.05) is 7.11 Å². The molecule has 94 valence electrons. The number of hydrogen-bond acceptors (Lipinski definition) is 5. The van der Waals surface area contributed by atoms with Crippen LogP contribution in [0.3, 0.4) is 0 Å². The fourth-order valence-electron chi connectivity index (χ4n) is 1.38. The van der Waals surface area contributed by atoms with E-state index < -0.39 is 5.97 Å². The van der Waals surface area contributed by atoms with Crippen LogP contribution in [-0.2, 0) is 9.47 Å². The first kappa shape index (κ1) is 13.3. The predicted molar refractivity (Wildman–Crippen MR) is 64.2 cm³/mol. The first-order valence-corrected chi connectivity index (χ1v) is 5.22. The fourth-order valence-corrected chi connectivity index (χ4v) is 1.38. The van der Waals surface area contributed by atoms with Crippen LogP contribution < -0.4 is 10.5 Å². The number of nitrogens with two attached hydrogens (primary N) is 1. The van der Waals surface area contributed by atoms with Crippen LogP contribution in [0.25, 0.3) is 0 Å². The summed E-state index contributed by atoms with van der Waals surface area (Å²) in [7, 11) is 3.07. The van der Waals surface area contributed by atoms with E-state index in [0.29, 0.717) is 23.6 Å². The molecule has 5 heteroatoms. The number of anilines is 1. The molecule has 0 spiro atoms. The van der Waals surface area contributed by atoms with Gasteiger partial charge in [-0.05, 0) is 25.1 Å². The number of carbonyl (C=O) groups excluding carboxylic acids is 1. The minimum atomic E-state index is -0.427. The molecule has 1 aromatic rings. The smallest absolute Gasteiger partial charge is 0.338 e. The van der Waals surface area contributed by atoms with Crippen LogP contribution in [-0.4, -0.2) is 32.9 Å². The normalized spacial score (nSPS) is 11.9. The fraction of sp³-hybridized carbons (Fsp3) is 0.417. The lowest BCUT2D eigenvalue weighted by atomic mass is 10.2. The average molecular weight is 239 g/mol. The van der Waals surface area contributed by atoms with Crippen LogP contribution in [0, 0.1) is 0 Å². The van der Waals surface area contributed by atoms with E-state index in [9.17, 15) is 4.79 Å². The van der Waals surface area contributed by atoms with Crippen molar-refractivity contribution in [1.29, 1.82) is 0 Å². The van der Waals surface area contributed by atoms with Crippen molar-refractivity contribution in [3.63, 3.8) is 0 Å². The van der Waals surface area contributed by atoms with E-state index in [1.165, 1.54) is 13.2 Å². The van der Waals surface area contributed by atoms with Crippen molar-refractivity contribution >= 4 is 11.7 Å². The van der Waals surface area contributed by atoms with Crippen molar-refractivity contribution in [2.24, 2.45) is 0 Å². The van der Waals surface area contributed by atoms with Crippen LogP contribution in [0.15, 0.2) is 18.2 Å². The van der Waals surface area contributed by atoms with Crippen molar-refractivity contribution in [2.45, 2.75) is 13.0 Å². The summed E-state index contributed by atoms with van der Waals surface area (Å²) in [6, 6.07) is 4.77. The summed E-state index contributed by atoms with van der Waals surface area (Å²) in [5.74, 6) is 0.107. The summed E-state index contributed by atoms with van der Waals surface area (Å²) in [5.41, 5.74) is 6.50. The quantitative estimate of drug-likeness (QED) is 0.622. The molecule has 5 nitrogen and oxygen atoms in total. The first-order chi connectivity index (χ1) is 8.08. The molecular weight excluding hydrogens is 222 g/mol. The number of hydrogen-bond donors (Lipinski definition) is 1. The molecule has 0 saturated heterocycles. The molecule has 2 N–H and O–H groups in total. The Morgan fingerprint density at radius 3 is 2.65 bits per heavy atom. The molecule has 1 aromatic carbocycles. The summed E-state index contributed by atoms with van der Waals surface area (Å²) < 4.78 is 15.0. The molecule has 1 rings (SSSR count). The van der Waals surface area contributed by atoms with Gasteiger partial charge in [-0.3, -0.25) is 0 Å². The third kappa shape index (κ3) is 3.64. The standard InChI is InChI=1S/C12H17NO4/c1-8(7-15-2)17-12(14)9-4-5-11(16-3)10(13)6-9/h4-6,8H,7,13H2,1-3H3/t8-/m0/s1. The Hall–Kier alpha value is -1.75. The predicted octanol–water partition coefficient (Wildman–Crippen LogP) is 1.47. The summed E-state index contributed by atoms with van der Waals surface area (Å²) in [6.45, 7) is 2.12. The monoisotopic (exact) mass is 239 g/mol. The van der Waals surface area contributed by atoms with Crippen LogP contribution in [0.5, 0.6) is 5.75 Å². The molecule has 17 heavy (non-hydrogen) atoms. The minimum Gasteiger partial charge on any atom is -0.495 e. The zero-order chi connectivity index (χ0) is 12.8. The number of rotatable bonds is 5. The molecule has 0 amide bonds. The Labute approximate surface area is 100 Å². The van der Waals surface area contributed by atoms with Crippen molar-refractivity contribution in [2.75, 3.05) is 26.6 Å². The van der Waals surface area contributed by atoms with E-state index in [-0.39, 0.29) is 6.10 Å². The molecule has 0 aliphatic rings. The van der Waals surface area contributed by atoms with Gasteiger partial charge in [-0.25, -0.2) is 4.79 Å². The highest BCUT2D eigenvalue weighted by molar-refractivity contribution is 5.91. The molecule has 0 aliphatic heterocycles. The second-order valence-corrected chi connectivity index (χ2v) is 3.63. The molecule has 0 aliphatic carbocycles. The molecule has 0 unspecified atom stereocenters. The van der Waals surface area contributed by atoms with E-state index in [1.807, 2.05) is 0 Å². The van der Waals surface area contributed by atoms with Gasteiger partial charge in [-0.2, -0.15) is 0 Å². The Morgan fingerprint density at radius 1 is 1.41 bits per heavy atom. The van der Waals surface area contributed by atoms with E-state index in [1.54, 1.807) is 26.2 Å². The summed E-state index contributed by atoms with van der Waals surface area (Å²) >= 11 is 0. The maximum atomic E-state index is 11.7. The van der Waals surface area contributed by atoms with E-state index in [0.717, 1.165) is 0 Å². The molecule has 1 atom stereocenters. The van der Waals surface area contributed by atoms with Gasteiger partial charge in [0.2, 0.25) is 0 Å². The molecule has 0 radical (unpaired) electrons. The zero-order valence-corrected chi connectivity index (χ0v) is 10.2. The van der Waals surface area contributed by atoms with Crippen LogP contribution in [0.4, 0.5) is 5.69 Å². The highest BCUT2D eigenvalue weighted by Gasteiger charge is 2.13. The van der Waals surface area contributed by atoms with E-state index >= 15 is 0 Å². The minimum absolute atomic E-state index is 0.296. The number of methoxy groups -OCH3 is 2. The topological polar surface area (TPSA) is 70.8 Å². The van der Waals surface area contributed by atoms with E-state index in [2.05, 4.69) is 0 Å². The first-order valence-electron chi connectivity index (χ1n) is 5.22. The van der Waals surface area contributed by atoms with Crippen molar-refractivity contribution in [1.82, 2.24) is 0 Å². The highest BCUT2D eigenvalue weighted by Crippen LogP contribution is 2.22. The maximum absolute atomic E-state index is 11.7. The number of carbonyl (C=O) groups is 1. The molecule has 0 aromatic heterocycles. The Balaban J connectivity index is 2.72. The number of benzene rings is 1. The summed E-state index contributed by atoms with van der Waals surface area (Å²) in [6.07, 6.45) is -0.296.